The first-order valence-corrected chi connectivity index (χ1v) is 8.50. The first kappa shape index (κ1) is 15.9. The van der Waals surface area contributed by atoms with E-state index in [9.17, 15) is 0 Å². The van der Waals surface area contributed by atoms with E-state index in [1.807, 2.05) is 60.0 Å². The molecule has 0 aliphatic carbocycles. The molecule has 0 saturated heterocycles. The molecule has 0 aromatic heterocycles. The molecule has 24 heavy (non-hydrogen) atoms. The zero-order chi connectivity index (χ0) is 17.3. The van der Waals surface area contributed by atoms with Crippen molar-refractivity contribution in [3.8, 4) is 0 Å². The zero-order valence-corrected chi connectivity index (χ0v) is 14.0. The van der Waals surface area contributed by atoms with Crippen molar-refractivity contribution in [3.05, 3.63) is 65.2 Å². The Bertz CT molecular complexity index is 865. The van der Waals surface area contributed by atoms with Crippen molar-refractivity contribution in [1.82, 2.24) is 4.41 Å². The van der Waals surface area contributed by atoms with Crippen LogP contribution in [0.15, 0.2) is 58.5 Å². The van der Waals surface area contributed by atoms with Crippen LogP contribution in [0.3, 0.4) is 0 Å². The van der Waals surface area contributed by atoms with Gasteiger partial charge in [0.1, 0.15) is 11.7 Å². The molecular formula is C17H18N6S. The first-order chi connectivity index (χ1) is 11.5. The molecule has 3 rings (SSSR count). The van der Waals surface area contributed by atoms with Gasteiger partial charge in [-0.2, -0.15) is 5.10 Å². The number of benzene rings is 2. The largest absolute Gasteiger partial charge is 0.384 e. The Morgan fingerprint density at radius 3 is 1.92 bits per heavy atom. The molecule has 6 N–H and O–H groups in total. The summed E-state index contributed by atoms with van der Waals surface area (Å²) < 4.78 is 1.93. The summed E-state index contributed by atoms with van der Waals surface area (Å²) in [6.07, 6.45) is 0. The van der Waals surface area contributed by atoms with Crippen LogP contribution >= 0.6 is 10.7 Å². The highest BCUT2D eigenvalue weighted by Gasteiger charge is 2.16. The van der Waals surface area contributed by atoms with Crippen LogP contribution < -0.4 is 11.5 Å². The van der Waals surface area contributed by atoms with E-state index < -0.39 is 0 Å². The fourth-order valence-electron chi connectivity index (χ4n) is 2.34. The van der Waals surface area contributed by atoms with Crippen LogP contribution in [0.4, 0.5) is 0 Å². The standard InChI is InChI=1S/C17H18N6S/c1-23-22-15(11-2-4-12(5-3-11)16(18)19)10-24(23)14-8-6-13(7-9-14)17(20)21/h2-10H,1H3,(H3,18,19)(H3,20,21). The lowest BCUT2D eigenvalue weighted by molar-refractivity contribution is 0.619. The maximum Gasteiger partial charge on any atom is 0.122 e. The van der Waals surface area contributed by atoms with Crippen LogP contribution in [-0.4, -0.2) is 34.2 Å². The number of nitrogens with zero attached hydrogens (tertiary/aromatic N) is 2. The second-order valence-electron chi connectivity index (χ2n) is 5.31. The molecule has 2 aromatic rings. The summed E-state index contributed by atoms with van der Waals surface area (Å²) in [5.74, 6) is 0.123. The van der Waals surface area contributed by atoms with Crippen LogP contribution in [0.25, 0.3) is 0 Å². The highest BCUT2D eigenvalue weighted by Crippen LogP contribution is 2.33. The van der Waals surface area contributed by atoms with Gasteiger partial charge in [-0.15, -0.1) is 0 Å². The minimum Gasteiger partial charge on any atom is -0.384 e. The first-order valence-electron chi connectivity index (χ1n) is 7.25. The predicted molar refractivity (Wildman–Crippen MR) is 101 cm³/mol. The summed E-state index contributed by atoms with van der Waals surface area (Å²) in [6.45, 7) is 0. The molecule has 0 saturated carbocycles. The Kier molecular flexibility index (Phi) is 4.18. The van der Waals surface area contributed by atoms with Gasteiger partial charge in [0.25, 0.3) is 0 Å². The van der Waals surface area contributed by atoms with Gasteiger partial charge in [0, 0.05) is 34.0 Å². The van der Waals surface area contributed by atoms with Gasteiger partial charge in [-0.05, 0) is 22.8 Å². The summed E-state index contributed by atoms with van der Waals surface area (Å²) >= 11 is 0. The molecule has 1 aliphatic heterocycles. The van der Waals surface area contributed by atoms with Gasteiger partial charge < -0.3 is 11.5 Å². The van der Waals surface area contributed by atoms with Crippen molar-refractivity contribution in [3.63, 3.8) is 0 Å². The maximum atomic E-state index is 7.46. The van der Waals surface area contributed by atoms with Gasteiger partial charge in [-0.3, -0.25) is 10.8 Å². The molecule has 0 radical (unpaired) electrons. The lowest BCUT2D eigenvalue weighted by Gasteiger charge is -2.14. The number of hydrogen-bond acceptors (Lipinski definition) is 4. The van der Waals surface area contributed by atoms with Crippen molar-refractivity contribution in [2.75, 3.05) is 7.05 Å². The SMILES string of the molecule is CN1N=C(c2ccc(C(=N)N)cc2)C=S1c1ccc(C(=N)N)cc1. The average molecular weight is 338 g/mol. The van der Waals surface area contributed by atoms with E-state index >= 15 is 0 Å². The van der Waals surface area contributed by atoms with Crippen molar-refractivity contribution >= 4 is 33.4 Å². The second kappa shape index (κ2) is 6.29. The third-order valence-electron chi connectivity index (χ3n) is 3.65. The van der Waals surface area contributed by atoms with Crippen molar-refractivity contribution < 1.29 is 0 Å². The smallest absolute Gasteiger partial charge is 0.122 e. The minimum atomic E-state index is -0.275. The number of nitrogens with two attached hydrogens (primary N) is 2. The molecule has 1 heterocycles. The number of hydrogen-bond donors (Lipinski definition) is 4. The third-order valence-corrected chi connectivity index (χ3v) is 5.51. The van der Waals surface area contributed by atoms with Gasteiger partial charge in [0.15, 0.2) is 0 Å². The van der Waals surface area contributed by atoms with Crippen molar-refractivity contribution in [1.29, 1.82) is 10.8 Å². The fraction of sp³-hybridized carbons (Fsp3) is 0.0588. The quantitative estimate of drug-likeness (QED) is 0.388. The second-order valence-corrected chi connectivity index (χ2v) is 7.18. The van der Waals surface area contributed by atoms with Crippen LogP contribution in [0.5, 0.6) is 0 Å². The third kappa shape index (κ3) is 3.07. The average Bonchev–Trinajstić information content (AvgIpc) is 2.97. The Hall–Kier alpha value is -2.93. The van der Waals surface area contributed by atoms with Gasteiger partial charge in [0.2, 0.25) is 0 Å². The lowest BCUT2D eigenvalue weighted by Crippen LogP contribution is -2.11. The predicted octanol–water partition coefficient (Wildman–Crippen LogP) is 1.95. The Morgan fingerprint density at radius 1 is 0.917 bits per heavy atom. The number of nitrogen functional groups attached to an aromatic ring is 2. The van der Waals surface area contributed by atoms with Gasteiger partial charge in [-0.1, -0.05) is 36.4 Å². The van der Waals surface area contributed by atoms with E-state index in [4.69, 9.17) is 22.3 Å². The van der Waals surface area contributed by atoms with Gasteiger partial charge in [-0.25, -0.2) is 4.41 Å². The van der Waals surface area contributed by atoms with Crippen molar-refractivity contribution in [2.24, 2.45) is 16.6 Å². The van der Waals surface area contributed by atoms with E-state index in [0.29, 0.717) is 11.1 Å². The molecule has 1 aliphatic rings. The van der Waals surface area contributed by atoms with E-state index in [2.05, 4.69) is 10.5 Å². The molecule has 0 bridgehead atoms. The maximum absolute atomic E-state index is 7.46. The van der Waals surface area contributed by atoms with Crippen molar-refractivity contribution in [2.45, 2.75) is 4.90 Å². The summed E-state index contributed by atoms with van der Waals surface area (Å²) in [6, 6.07) is 15.2. The fourth-order valence-corrected chi connectivity index (χ4v) is 3.92. The molecule has 0 spiro atoms. The summed E-state index contributed by atoms with van der Waals surface area (Å²) in [5.41, 5.74) is 14.3. The normalized spacial score (nSPS) is 16.5. The van der Waals surface area contributed by atoms with E-state index in [-0.39, 0.29) is 22.3 Å². The molecule has 122 valence electrons. The number of amidine groups is 2. The highest BCUT2D eigenvalue weighted by molar-refractivity contribution is 8.14. The van der Waals surface area contributed by atoms with Crippen LogP contribution in [0, 0.1) is 10.8 Å². The number of nitrogens with one attached hydrogen (secondary N) is 2. The summed E-state index contributed by atoms with van der Waals surface area (Å²) in [4.78, 5) is 1.11. The highest BCUT2D eigenvalue weighted by atomic mass is 32.2. The van der Waals surface area contributed by atoms with Gasteiger partial charge in [0.05, 0.1) is 5.71 Å². The zero-order valence-electron chi connectivity index (χ0n) is 13.2. The molecule has 1 atom stereocenters. The lowest BCUT2D eigenvalue weighted by atomic mass is 10.1. The molecular weight excluding hydrogens is 320 g/mol. The van der Waals surface area contributed by atoms with E-state index in [0.717, 1.165) is 16.2 Å². The molecule has 0 fully saturated rings. The monoisotopic (exact) mass is 338 g/mol. The van der Waals surface area contributed by atoms with E-state index in [1.54, 1.807) is 0 Å². The van der Waals surface area contributed by atoms with Crippen LogP contribution in [0.1, 0.15) is 16.7 Å². The number of hydrazone groups is 1. The molecule has 2 aromatic carbocycles. The molecule has 7 heteroatoms. The van der Waals surface area contributed by atoms with Gasteiger partial charge >= 0.3 is 0 Å². The van der Waals surface area contributed by atoms with E-state index in [1.165, 1.54) is 0 Å². The molecule has 6 nitrogen and oxygen atoms in total. The summed E-state index contributed by atoms with van der Waals surface area (Å²) in [5, 5.41) is 21.6. The molecule has 0 amide bonds. The molecule has 1 unspecified atom stereocenters. The Balaban J connectivity index is 1.88. The summed E-state index contributed by atoms with van der Waals surface area (Å²) in [7, 11) is 1.66. The Morgan fingerprint density at radius 2 is 1.42 bits per heavy atom. The Labute approximate surface area is 142 Å². The minimum absolute atomic E-state index is 0.0568. The topological polar surface area (TPSA) is 115 Å². The number of rotatable bonds is 4. The van der Waals surface area contributed by atoms with Crippen LogP contribution in [0.2, 0.25) is 0 Å². The van der Waals surface area contributed by atoms with Crippen LogP contribution in [-0.2, 0) is 0 Å².